The largest absolute Gasteiger partial charge is 0.348 e. The van der Waals surface area contributed by atoms with Crippen LogP contribution in [0.25, 0.3) is 11.1 Å². The lowest BCUT2D eigenvalue weighted by Crippen LogP contribution is -2.17. The van der Waals surface area contributed by atoms with Gasteiger partial charge in [0.1, 0.15) is 0 Å². The lowest BCUT2D eigenvalue weighted by atomic mass is 9.86. The second kappa shape index (κ2) is 8.59. The minimum atomic E-state index is 1.08. The van der Waals surface area contributed by atoms with Gasteiger partial charge in [0.15, 0.2) is 0 Å². The Bertz CT molecular complexity index is 1150. The van der Waals surface area contributed by atoms with Gasteiger partial charge < -0.3 is 4.90 Å². The van der Waals surface area contributed by atoms with Crippen molar-refractivity contribution in [2.24, 2.45) is 0 Å². The van der Waals surface area contributed by atoms with Gasteiger partial charge in [0.25, 0.3) is 0 Å². The minimum Gasteiger partial charge on any atom is -0.348 e. The summed E-state index contributed by atoms with van der Waals surface area (Å²) in [7, 11) is 2.19. The lowest BCUT2D eigenvalue weighted by molar-refractivity contribution is 0.840. The Labute approximate surface area is 186 Å². The van der Waals surface area contributed by atoms with E-state index in [4.69, 9.17) is 0 Å². The van der Waals surface area contributed by atoms with E-state index >= 15 is 0 Å². The number of nitrogens with zero attached hydrogens (tertiary/aromatic N) is 1. The summed E-state index contributed by atoms with van der Waals surface area (Å²) in [6.07, 6.45) is 20.7. The van der Waals surface area contributed by atoms with E-state index in [9.17, 15) is 0 Å². The van der Waals surface area contributed by atoms with Crippen LogP contribution in [0.3, 0.4) is 0 Å². The third-order valence-electron chi connectivity index (χ3n) is 6.93. The predicted octanol–water partition coefficient (Wildman–Crippen LogP) is 7.72. The molecule has 0 saturated heterocycles. The molecule has 1 heteroatoms. The van der Waals surface area contributed by atoms with Crippen LogP contribution >= 0.6 is 0 Å². The molecule has 0 radical (unpaired) electrons. The highest BCUT2D eigenvalue weighted by atomic mass is 15.1. The van der Waals surface area contributed by atoms with Crippen LogP contribution in [0.15, 0.2) is 101 Å². The van der Waals surface area contributed by atoms with Gasteiger partial charge in [-0.25, -0.2) is 0 Å². The zero-order valence-electron chi connectivity index (χ0n) is 18.7. The number of fused-ring (bicyclic) bond motifs is 1. The van der Waals surface area contributed by atoms with E-state index in [2.05, 4.69) is 97.8 Å². The Morgan fingerprint density at radius 1 is 0.677 bits per heavy atom. The number of aryl methyl sites for hydroxylation is 2. The molecule has 0 bridgehead atoms. The highest BCUT2D eigenvalue weighted by Crippen LogP contribution is 2.32. The summed E-state index contributed by atoms with van der Waals surface area (Å²) < 4.78 is 0. The number of anilines is 1. The third kappa shape index (κ3) is 4.37. The number of allylic oxidation sites excluding steroid dienone is 10. The van der Waals surface area contributed by atoms with E-state index in [-0.39, 0.29) is 0 Å². The van der Waals surface area contributed by atoms with Crippen LogP contribution in [0.5, 0.6) is 0 Å². The molecule has 0 fully saturated rings. The molecule has 3 aliphatic carbocycles. The van der Waals surface area contributed by atoms with Gasteiger partial charge in [-0.3, -0.25) is 0 Å². The molecule has 0 N–H and O–H groups in total. The monoisotopic (exact) mass is 405 g/mol. The molecule has 0 atom stereocenters. The van der Waals surface area contributed by atoms with Gasteiger partial charge in [-0.1, -0.05) is 66.3 Å². The maximum atomic E-state index is 2.37. The maximum Gasteiger partial charge on any atom is 0.0411 e. The number of benzene rings is 2. The lowest BCUT2D eigenvalue weighted by Gasteiger charge is -2.26. The summed E-state index contributed by atoms with van der Waals surface area (Å²) >= 11 is 0. The normalized spacial score (nSPS) is 17.9. The Hall–Kier alpha value is -3.06. The molecule has 0 aromatic heterocycles. The van der Waals surface area contributed by atoms with Gasteiger partial charge in [0.05, 0.1) is 0 Å². The zero-order chi connectivity index (χ0) is 21.2. The molecular formula is C30H31N. The van der Waals surface area contributed by atoms with Crippen molar-refractivity contribution in [2.45, 2.75) is 45.4 Å². The summed E-state index contributed by atoms with van der Waals surface area (Å²) in [6, 6.07) is 15.9. The van der Waals surface area contributed by atoms with Crippen molar-refractivity contribution in [2.75, 3.05) is 11.9 Å². The van der Waals surface area contributed by atoms with Crippen LogP contribution in [0.1, 0.15) is 43.7 Å². The summed E-state index contributed by atoms with van der Waals surface area (Å²) in [4.78, 5) is 2.35. The van der Waals surface area contributed by atoms with E-state index in [0.29, 0.717) is 0 Å². The van der Waals surface area contributed by atoms with Crippen LogP contribution in [-0.2, 0) is 12.8 Å². The molecule has 2 aromatic carbocycles. The Morgan fingerprint density at radius 2 is 1.42 bits per heavy atom. The van der Waals surface area contributed by atoms with Crippen LogP contribution in [0.4, 0.5) is 5.69 Å². The van der Waals surface area contributed by atoms with Gasteiger partial charge in [0, 0.05) is 18.4 Å². The second-order valence-corrected chi connectivity index (χ2v) is 9.08. The highest BCUT2D eigenvalue weighted by molar-refractivity contribution is 5.71. The Balaban J connectivity index is 1.30. The first-order valence-corrected chi connectivity index (χ1v) is 11.6. The van der Waals surface area contributed by atoms with Crippen molar-refractivity contribution in [3.63, 3.8) is 0 Å². The molecular weight excluding hydrogens is 374 g/mol. The van der Waals surface area contributed by atoms with Gasteiger partial charge in [-0.15, -0.1) is 0 Å². The SMILES string of the molecule is CC1=CC=C(/C=C/C2=CC=C(N(C)c3cccc(-c4ccc5c(c4)CC5)c3)CC2)CC1. The predicted molar refractivity (Wildman–Crippen MR) is 133 cm³/mol. The van der Waals surface area contributed by atoms with Crippen molar-refractivity contribution >= 4 is 5.69 Å². The summed E-state index contributed by atoms with van der Waals surface area (Å²) in [6.45, 7) is 2.21. The van der Waals surface area contributed by atoms with Crippen LogP contribution < -0.4 is 4.90 Å². The summed E-state index contributed by atoms with van der Waals surface area (Å²) in [5.74, 6) is 0. The van der Waals surface area contributed by atoms with E-state index in [1.54, 1.807) is 0 Å². The van der Waals surface area contributed by atoms with E-state index in [1.807, 2.05) is 0 Å². The highest BCUT2D eigenvalue weighted by Gasteiger charge is 2.15. The average molecular weight is 406 g/mol. The van der Waals surface area contributed by atoms with Crippen LogP contribution in [-0.4, -0.2) is 7.05 Å². The third-order valence-corrected chi connectivity index (χ3v) is 6.93. The van der Waals surface area contributed by atoms with Crippen molar-refractivity contribution < 1.29 is 0 Å². The fraction of sp³-hybridized carbons (Fsp3) is 0.267. The van der Waals surface area contributed by atoms with Crippen LogP contribution in [0.2, 0.25) is 0 Å². The van der Waals surface area contributed by atoms with Gasteiger partial charge in [-0.05, 0) is 97.1 Å². The van der Waals surface area contributed by atoms with Gasteiger partial charge >= 0.3 is 0 Å². The quantitative estimate of drug-likeness (QED) is 0.492. The van der Waals surface area contributed by atoms with E-state index < -0.39 is 0 Å². The molecule has 156 valence electrons. The van der Waals surface area contributed by atoms with Crippen LogP contribution in [0, 0.1) is 0 Å². The smallest absolute Gasteiger partial charge is 0.0411 e. The molecule has 0 unspecified atom stereocenters. The number of hydrogen-bond acceptors (Lipinski definition) is 1. The fourth-order valence-electron chi connectivity index (χ4n) is 4.61. The average Bonchev–Trinajstić information content (AvgIpc) is 2.79. The zero-order valence-corrected chi connectivity index (χ0v) is 18.7. The molecule has 0 aliphatic heterocycles. The molecule has 0 spiro atoms. The first-order valence-electron chi connectivity index (χ1n) is 11.6. The second-order valence-electron chi connectivity index (χ2n) is 9.08. The van der Waals surface area contributed by atoms with Crippen molar-refractivity contribution in [1.82, 2.24) is 0 Å². The van der Waals surface area contributed by atoms with E-state index in [1.165, 1.54) is 69.6 Å². The molecule has 1 nitrogen and oxygen atoms in total. The summed E-state index contributed by atoms with van der Waals surface area (Å²) in [5.41, 5.74) is 12.6. The molecule has 0 amide bonds. The maximum absolute atomic E-state index is 2.37. The fourth-order valence-corrected chi connectivity index (χ4v) is 4.61. The van der Waals surface area contributed by atoms with Crippen molar-refractivity contribution in [3.8, 4) is 11.1 Å². The van der Waals surface area contributed by atoms with E-state index in [0.717, 1.165) is 19.3 Å². The molecule has 2 aromatic rings. The first-order chi connectivity index (χ1) is 15.2. The Kier molecular flexibility index (Phi) is 5.51. The van der Waals surface area contributed by atoms with Gasteiger partial charge in [-0.2, -0.15) is 0 Å². The number of hydrogen-bond donors (Lipinski definition) is 0. The molecule has 31 heavy (non-hydrogen) atoms. The Morgan fingerprint density at radius 3 is 2.06 bits per heavy atom. The standard InChI is InChI=1S/C30H31N/c1-22-6-8-23(9-7-22)10-11-24-12-18-29(19-13-24)31(2)30-5-3-4-26(21-30)28-17-15-25-14-16-27(25)20-28/h3-6,8,10-12,15,17-18,20-21H,7,9,13-14,16,19H2,1-2H3/b11-10+. The minimum absolute atomic E-state index is 1.08. The van der Waals surface area contributed by atoms with Crippen molar-refractivity contribution in [1.29, 1.82) is 0 Å². The molecule has 0 saturated carbocycles. The molecule has 0 heterocycles. The first kappa shape index (κ1) is 19.9. The van der Waals surface area contributed by atoms with Crippen molar-refractivity contribution in [3.05, 3.63) is 112 Å². The molecule has 5 rings (SSSR count). The number of rotatable bonds is 5. The molecule has 3 aliphatic rings. The summed E-state index contributed by atoms with van der Waals surface area (Å²) in [5, 5.41) is 0. The topological polar surface area (TPSA) is 3.24 Å². The van der Waals surface area contributed by atoms with Gasteiger partial charge in [0.2, 0.25) is 0 Å².